The van der Waals surface area contributed by atoms with Crippen molar-refractivity contribution in [1.82, 2.24) is 0 Å². The molecule has 0 spiro atoms. The van der Waals surface area contributed by atoms with E-state index >= 15 is 0 Å². The fraction of sp³-hybridized carbons (Fsp3) is 0.571. The smallest absolute Gasteiger partial charge is 0.120 e. The van der Waals surface area contributed by atoms with Gasteiger partial charge in [0.15, 0.2) is 0 Å². The Balaban J connectivity index is 2.72. The highest BCUT2D eigenvalue weighted by Gasteiger charge is 2.12. The van der Waals surface area contributed by atoms with Crippen LogP contribution in [0.4, 0.5) is 5.69 Å². The van der Waals surface area contributed by atoms with Crippen LogP contribution in [0.25, 0.3) is 0 Å². The molecule has 3 nitrogen and oxygen atoms in total. The van der Waals surface area contributed by atoms with Crippen LogP contribution in [0.2, 0.25) is 0 Å². The fourth-order valence-electron chi connectivity index (χ4n) is 1.51. The van der Waals surface area contributed by atoms with Crippen molar-refractivity contribution in [3.05, 3.63) is 23.8 Å². The first-order valence-corrected chi connectivity index (χ1v) is 5.99. The molecule has 0 radical (unpaired) electrons. The second kappa shape index (κ2) is 5.41. The molecular weight excluding hydrogens is 214 g/mol. The van der Waals surface area contributed by atoms with Crippen molar-refractivity contribution in [2.75, 3.05) is 11.9 Å². The molecule has 0 fully saturated rings. The van der Waals surface area contributed by atoms with Crippen molar-refractivity contribution < 1.29 is 9.84 Å². The standard InChI is InChI=1S/C14H23NO2/c1-10-8-12(17-14(3,4)5)6-7-13(10)15-9-11(2)16/h6-8,11,15-16H,9H2,1-5H3. The predicted molar refractivity (Wildman–Crippen MR) is 71.7 cm³/mol. The van der Waals surface area contributed by atoms with E-state index < -0.39 is 0 Å². The Hall–Kier alpha value is -1.22. The van der Waals surface area contributed by atoms with Gasteiger partial charge in [0, 0.05) is 12.2 Å². The highest BCUT2D eigenvalue weighted by molar-refractivity contribution is 5.53. The molecule has 1 aromatic carbocycles. The Morgan fingerprint density at radius 2 is 2.00 bits per heavy atom. The Morgan fingerprint density at radius 3 is 2.47 bits per heavy atom. The zero-order valence-electron chi connectivity index (χ0n) is 11.4. The van der Waals surface area contributed by atoms with Crippen LogP contribution in [0.5, 0.6) is 5.75 Å². The van der Waals surface area contributed by atoms with E-state index in [1.54, 1.807) is 6.92 Å². The van der Waals surface area contributed by atoms with Crippen LogP contribution < -0.4 is 10.1 Å². The zero-order chi connectivity index (χ0) is 13.1. The van der Waals surface area contributed by atoms with Gasteiger partial charge in [-0.1, -0.05) is 0 Å². The van der Waals surface area contributed by atoms with Gasteiger partial charge in [0.1, 0.15) is 11.4 Å². The summed E-state index contributed by atoms with van der Waals surface area (Å²) >= 11 is 0. The first-order chi connectivity index (χ1) is 7.78. The summed E-state index contributed by atoms with van der Waals surface area (Å²) < 4.78 is 5.79. The molecule has 1 atom stereocenters. The van der Waals surface area contributed by atoms with Gasteiger partial charge in [0.25, 0.3) is 0 Å². The van der Waals surface area contributed by atoms with E-state index in [2.05, 4.69) is 5.32 Å². The number of nitrogens with one attached hydrogen (secondary N) is 1. The molecule has 3 heteroatoms. The maximum atomic E-state index is 9.22. The van der Waals surface area contributed by atoms with Crippen LogP contribution in [0.3, 0.4) is 0 Å². The summed E-state index contributed by atoms with van der Waals surface area (Å²) in [6, 6.07) is 5.94. The molecule has 0 amide bonds. The third-order valence-electron chi connectivity index (χ3n) is 2.21. The van der Waals surface area contributed by atoms with Gasteiger partial charge < -0.3 is 15.2 Å². The minimum atomic E-state index is -0.347. The average molecular weight is 237 g/mol. The first-order valence-electron chi connectivity index (χ1n) is 5.99. The molecule has 0 heterocycles. The molecule has 0 aliphatic carbocycles. The SMILES string of the molecule is Cc1cc(OC(C)(C)C)ccc1NCC(C)O. The maximum Gasteiger partial charge on any atom is 0.120 e. The number of ether oxygens (including phenoxy) is 1. The van der Waals surface area contributed by atoms with Crippen molar-refractivity contribution in [1.29, 1.82) is 0 Å². The lowest BCUT2D eigenvalue weighted by molar-refractivity contribution is 0.131. The van der Waals surface area contributed by atoms with Crippen LogP contribution in [-0.2, 0) is 0 Å². The number of aryl methyl sites for hydroxylation is 1. The quantitative estimate of drug-likeness (QED) is 0.846. The number of hydrogen-bond acceptors (Lipinski definition) is 3. The Bertz CT molecular complexity index is 367. The van der Waals surface area contributed by atoms with E-state index in [1.807, 2.05) is 45.9 Å². The Kier molecular flexibility index (Phi) is 4.40. The van der Waals surface area contributed by atoms with E-state index in [9.17, 15) is 5.11 Å². The molecular formula is C14H23NO2. The lowest BCUT2D eigenvalue weighted by Crippen LogP contribution is -2.23. The number of anilines is 1. The molecule has 0 bridgehead atoms. The largest absolute Gasteiger partial charge is 0.488 e. The van der Waals surface area contributed by atoms with E-state index in [1.165, 1.54) is 0 Å². The van der Waals surface area contributed by atoms with Crippen molar-refractivity contribution in [2.45, 2.75) is 46.3 Å². The minimum absolute atomic E-state index is 0.180. The third kappa shape index (κ3) is 5.09. The molecule has 0 aliphatic heterocycles. The van der Waals surface area contributed by atoms with Gasteiger partial charge in [0.2, 0.25) is 0 Å². The second-order valence-corrected chi connectivity index (χ2v) is 5.42. The first kappa shape index (κ1) is 13.8. The van der Waals surface area contributed by atoms with Crippen LogP contribution in [-0.4, -0.2) is 23.4 Å². The monoisotopic (exact) mass is 237 g/mol. The molecule has 17 heavy (non-hydrogen) atoms. The van der Waals surface area contributed by atoms with E-state index in [0.29, 0.717) is 6.54 Å². The second-order valence-electron chi connectivity index (χ2n) is 5.42. The summed E-state index contributed by atoms with van der Waals surface area (Å²) in [7, 11) is 0. The van der Waals surface area contributed by atoms with Crippen molar-refractivity contribution in [3.8, 4) is 5.75 Å². The average Bonchev–Trinajstić information content (AvgIpc) is 2.13. The Morgan fingerprint density at radius 1 is 1.35 bits per heavy atom. The van der Waals surface area contributed by atoms with Gasteiger partial charge >= 0.3 is 0 Å². The van der Waals surface area contributed by atoms with Crippen molar-refractivity contribution in [3.63, 3.8) is 0 Å². The van der Waals surface area contributed by atoms with Crippen LogP contribution >= 0.6 is 0 Å². The van der Waals surface area contributed by atoms with Crippen LogP contribution in [0, 0.1) is 6.92 Å². The molecule has 0 aliphatic rings. The molecule has 1 rings (SSSR count). The van der Waals surface area contributed by atoms with Gasteiger partial charge in [-0.2, -0.15) is 0 Å². The summed E-state index contributed by atoms with van der Waals surface area (Å²) in [5, 5.41) is 12.4. The van der Waals surface area contributed by atoms with Gasteiger partial charge in [-0.3, -0.25) is 0 Å². The number of aliphatic hydroxyl groups excluding tert-OH is 1. The van der Waals surface area contributed by atoms with E-state index in [4.69, 9.17) is 4.74 Å². The van der Waals surface area contributed by atoms with Gasteiger partial charge in [0.05, 0.1) is 6.10 Å². The Labute approximate surface area is 104 Å². The summed E-state index contributed by atoms with van der Waals surface area (Å²) in [5.74, 6) is 0.873. The summed E-state index contributed by atoms with van der Waals surface area (Å²) in [6.45, 7) is 10.4. The molecule has 0 aromatic heterocycles. The molecule has 2 N–H and O–H groups in total. The van der Waals surface area contributed by atoms with Crippen LogP contribution in [0.1, 0.15) is 33.3 Å². The summed E-state index contributed by atoms with van der Waals surface area (Å²) in [5.41, 5.74) is 1.97. The third-order valence-corrected chi connectivity index (χ3v) is 2.21. The number of aliphatic hydroxyl groups is 1. The zero-order valence-corrected chi connectivity index (χ0v) is 11.4. The lowest BCUT2D eigenvalue weighted by atomic mass is 10.1. The van der Waals surface area contributed by atoms with Crippen molar-refractivity contribution in [2.24, 2.45) is 0 Å². The fourth-order valence-corrected chi connectivity index (χ4v) is 1.51. The van der Waals surface area contributed by atoms with E-state index in [0.717, 1.165) is 17.0 Å². The molecule has 0 saturated heterocycles. The van der Waals surface area contributed by atoms with Gasteiger partial charge in [-0.05, 0) is 58.4 Å². The molecule has 1 unspecified atom stereocenters. The summed E-state index contributed by atoms with van der Waals surface area (Å²) in [4.78, 5) is 0. The molecule has 96 valence electrons. The van der Waals surface area contributed by atoms with Crippen LogP contribution in [0.15, 0.2) is 18.2 Å². The number of benzene rings is 1. The van der Waals surface area contributed by atoms with Gasteiger partial charge in [-0.15, -0.1) is 0 Å². The maximum absolute atomic E-state index is 9.22. The highest BCUT2D eigenvalue weighted by Crippen LogP contribution is 2.24. The number of hydrogen-bond donors (Lipinski definition) is 2. The predicted octanol–water partition coefficient (Wildman–Crippen LogP) is 2.97. The van der Waals surface area contributed by atoms with Crippen molar-refractivity contribution >= 4 is 5.69 Å². The highest BCUT2D eigenvalue weighted by atomic mass is 16.5. The van der Waals surface area contributed by atoms with Gasteiger partial charge in [-0.25, -0.2) is 0 Å². The molecule has 0 saturated carbocycles. The minimum Gasteiger partial charge on any atom is -0.488 e. The topological polar surface area (TPSA) is 41.5 Å². The normalized spacial score (nSPS) is 13.3. The molecule has 1 aromatic rings. The lowest BCUT2D eigenvalue weighted by Gasteiger charge is -2.22. The summed E-state index contributed by atoms with van der Waals surface area (Å²) in [6.07, 6.45) is -0.347. The number of rotatable bonds is 4. The van der Waals surface area contributed by atoms with E-state index in [-0.39, 0.29) is 11.7 Å².